The van der Waals surface area contributed by atoms with E-state index in [-0.39, 0.29) is 22.8 Å². The molecule has 20 heavy (non-hydrogen) atoms. The monoisotopic (exact) mass is 309 g/mol. The number of hydrogen-bond donors (Lipinski definition) is 1. The van der Waals surface area contributed by atoms with E-state index in [0.29, 0.717) is 5.82 Å². The topological polar surface area (TPSA) is 54.9 Å². The highest BCUT2D eigenvalue weighted by atomic mass is 35.5. The second kappa shape index (κ2) is 6.20. The van der Waals surface area contributed by atoms with Crippen molar-refractivity contribution in [3.8, 4) is 0 Å². The molecule has 2 rings (SSSR count). The summed E-state index contributed by atoms with van der Waals surface area (Å²) in [5.41, 5.74) is 3.17. The summed E-state index contributed by atoms with van der Waals surface area (Å²) in [5.74, 6) is 0.120. The minimum Gasteiger partial charge on any atom is -0.310 e. The standard InChI is InChI=1S/C14H13Cl2N3O/c1-8-3-4-9(2)10(5-8)6-13(20)18-12-7-11(15)17-14(16)19-12/h3-5,7H,6H2,1-2H3,(H,17,18,19,20). The van der Waals surface area contributed by atoms with Crippen LogP contribution in [0.3, 0.4) is 0 Å². The predicted molar refractivity (Wildman–Crippen MR) is 80.3 cm³/mol. The van der Waals surface area contributed by atoms with Gasteiger partial charge in [-0.3, -0.25) is 4.79 Å². The smallest absolute Gasteiger partial charge is 0.229 e. The van der Waals surface area contributed by atoms with Crippen LogP contribution in [0.1, 0.15) is 16.7 Å². The summed E-state index contributed by atoms with van der Waals surface area (Å²) < 4.78 is 0. The first-order valence-corrected chi connectivity index (χ1v) is 6.75. The Hall–Kier alpha value is -1.65. The van der Waals surface area contributed by atoms with Crippen molar-refractivity contribution in [1.82, 2.24) is 9.97 Å². The summed E-state index contributed by atoms with van der Waals surface area (Å²) in [6.45, 7) is 3.96. The van der Waals surface area contributed by atoms with Crippen molar-refractivity contribution in [2.24, 2.45) is 0 Å². The van der Waals surface area contributed by atoms with Crippen LogP contribution in [0.4, 0.5) is 5.82 Å². The van der Waals surface area contributed by atoms with Crippen LogP contribution < -0.4 is 5.32 Å². The molecule has 0 saturated carbocycles. The first-order valence-electron chi connectivity index (χ1n) is 6.00. The van der Waals surface area contributed by atoms with Crippen molar-refractivity contribution >= 4 is 34.9 Å². The van der Waals surface area contributed by atoms with E-state index in [4.69, 9.17) is 23.2 Å². The Morgan fingerprint density at radius 2 is 1.95 bits per heavy atom. The maximum atomic E-state index is 12.0. The van der Waals surface area contributed by atoms with Crippen molar-refractivity contribution in [2.75, 3.05) is 5.32 Å². The fourth-order valence-electron chi connectivity index (χ4n) is 1.80. The maximum Gasteiger partial charge on any atom is 0.229 e. The number of hydrogen-bond acceptors (Lipinski definition) is 3. The maximum absolute atomic E-state index is 12.0. The first kappa shape index (κ1) is 14.8. The SMILES string of the molecule is Cc1ccc(C)c(CC(=O)Nc2cc(Cl)nc(Cl)n2)c1. The molecule has 0 unspecified atom stereocenters. The zero-order valence-electron chi connectivity index (χ0n) is 11.1. The van der Waals surface area contributed by atoms with Crippen molar-refractivity contribution in [3.63, 3.8) is 0 Å². The molecule has 0 aliphatic rings. The number of carbonyl (C=O) groups is 1. The van der Waals surface area contributed by atoms with Gasteiger partial charge in [-0.15, -0.1) is 0 Å². The molecule has 0 aliphatic heterocycles. The molecule has 1 aromatic heterocycles. The fourth-order valence-corrected chi connectivity index (χ4v) is 2.21. The van der Waals surface area contributed by atoms with E-state index in [1.807, 2.05) is 32.0 Å². The Bertz CT molecular complexity index is 639. The second-order valence-electron chi connectivity index (χ2n) is 4.50. The van der Waals surface area contributed by atoms with Crippen molar-refractivity contribution in [2.45, 2.75) is 20.3 Å². The van der Waals surface area contributed by atoms with Gasteiger partial charge in [-0.1, -0.05) is 35.4 Å². The van der Waals surface area contributed by atoms with Gasteiger partial charge in [0.15, 0.2) is 0 Å². The largest absolute Gasteiger partial charge is 0.310 e. The Balaban J connectivity index is 2.11. The number of aromatic nitrogens is 2. The number of benzene rings is 1. The van der Waals surface area contributed by atoms with Gasteiger partial charge < -0.3 is 5.32 Å². The minimum atomic E-state index is -0.176. The van der Waals surface area contributed by atoms with Crippen LogP contribution in [0.25, 0.3) is 0 Å². The van der Waals surface area contributed by atoms with Gasteiger partial charge in [0, 0.05) is 6.07 Å². The summed E-state index contributed by atoms with van der Waals surface area (Å²) in [4.78, 5) is 19.6. The Kier molecular flexibility index (Phi) is 4.57. The molecule has 6 heteroatoms. The van der Waals surface area contributed by atoms with Gasteiger partial charge >= 0.3 is 0 Å². The summed E-state index contributed by atoms with van der Waals surface area (Å²) >= 11 is 11.4. The van der Waals surface area contributed by atoms with E-state index >= 15 is 0 Å². The van der Waals surface area contributed by atoms with Crippen LogP contribution in [-0.4, -0.2) is 15.9 Å². The molecule has 4 nitrogen and oxygen atoms in total. The lowest BCUT2D eigenvalue weighted by atomic mass is 10.0. The molecular formula is C14H13Cl2N3O. The lowest BCUT2D eigenvalue weighted by Gasteiger charge is -2.08. The lowest BCUT2D eigenvalue weighted by Crippen LogP contribution is -2.16. The van der Waals surface area contributed by atoms with E-state index in [1.54, 1.807) is 0 Å². The van der Waals surface area contributed by atoms with Gasteiger partial charge in [-0.2, -0.15) is 0 Å². The molecule has 0 aliphatic carbocycles. The normalized spacial score (nSPS) is 10.4. The van der Waals surface area contributed by atoms with Crippen LogP contribution >= 0.6 is 23.2 Å². The molecule has 2 aromatic rings. The lowest BCUT2D eigenvalue weighted by molar-refractivity contribution is -0.115. The van der Waals surface area contributed by atoms with E-state index in [2.05, 4.69) is 15.3 Å². The molecule has 0 spiro atoms. The Morgan fingerprint density at radius 1 is 1.20 bits per heavy atom. The van der Waals surface area contributed by atoms with Gasteiger partial charge in [0.1, 0.15) is 11.0 Å². The van der Waals surface area contributed by atoms with Gasteiger partial charge in [0.25, 0.3) is 0 Å². The number of halogens is 2. The average Bonchev–Trinajstić information content (AvgIpc) is 2.32. The zero-order chi connectivity index (χ0) is 14.7. The van der Waals surface area contributed by atoms with Crippen LogP contribution in [0.5, 0.6) is 0 Å². The van der Waals surface area contributed by atoms with Crippen molar-refractivity contribution in [1.29, 1.82) is 0 Å². The molecule has 1 aromatic carbocycles. The third-order valence-corrected chi connectivity index (χ3v) is 3.15. The number of nitrogens with one attached hydrogen (secondary N) is 1. The third-order valence-electron chi connectivity index (χ3n) is 2.79. The van der Waals surface area contributed by atoms with Crippen LogP contribution in [0.15, 0.2) is 24.3 Å². The first-order chi connectivity index (χ1) is 9.44. The third kappa shape index (κ3) is 3.92. The molecule has 0 radical (unpaired) electrons. The quantitative estimate of drug-likeness (QED) is 0.696. The highest BCUT2D eigenvalue weighted by molar-refractivity contribution is 6.32. The Labute approximate surface area is 127 Å². The molecule has 0 saturated heterocycles. The van der Waals surface area contributed by atoms with Crippen molar-refractivity contribution in [3.05, 3.63) is 51.4 Å². The van der Waals surface area contributed by atoms with Crippen LogP contribution in [-0.2, 0) is 11.2 Å². The van der Waals surface area contributed by atoms with Crippen LogP contribution in [0.2, 0.25) is 10.4 Å². The minimum absolute atomic E-state index is 0.000430. The molecule has 1 amide bonds. The van der Waals surface area contributed by atoms with E-state index in [9.17, 15) is 4.79 Å². The van der Waals surface area contributed by atoms with E-state index in [0.717, 1.165) is 16.7 Å². The van der Waals surface area contributed by atoms with Crippen molar-refractivity contribution < 1.29 is 4.79 Å². The molecule has 1 heterocycles. The number of amides is 1. The molecule has 1 N–H and O–H groups in total. The second-order valence-corrected chi connectivity index (χ2v) is 5.23. The van der Waals surface area contributed by atoms with E-state index < -0.39 is 0 Å². The highest BCUT2D eigenvalue weighted by Crippen LogP contribution is 2.16. The fraction of sp³-hybridized carbons (Fsp3) is 0.214. The average molecular weight is 310 g/mol. The highest BCUT2D eigenvalue weighted by Gasteiger charge is 2.09. The van der Waals surface area contributed by atoms with Gasteiger partial charge in [0.2, 0.25) is 11.2 Å². The van der Waals surface area contributed by atoms with Crippen LogP contribution in [0, 0.1) is 13.8 Å². The predicted octanol–water partition coefficient (Wildman–Crippen LogP) is 3.58. The summed E-state index contributed by atoms with van der Waals surface area (Å²) in [5, 5.41) is 2.85. The number of aryl methyl sites for hydroxylation is 2. The molecule has 0 bridgehead atoms. The summed E-state index contributed by atoms with van der Waals surface area (Å²) in [7, 11) is 0. The van der Waals surface area contributed by atoms with E-state index in [1.165, 1.54) is 6.07 Å². The molecular weight excluding hydrogens is 297 g/mol. The summed E-state index contributed by atoms with van der Waals surface area (Å²) in [6.07, 6.45) is 0.271. The zero-order valence-corrected chi connectivity index (χ0v) is 12.6. The number of anilines is 1. The molecule has 104 valence electrons. The van der Waals surface area contributed by atoms with Gasteiger partial charge in [-0.25, -0.2) is 9.97 Å². The summed E-state index contributed by atoms with van der Waals surface area (Å²) in [6, 6.07) is 7.46. The van der Waals surface area contributed by atoms with Gasteiger partial charge in [0.05, 0.1) is 6.42 Å². The number of rotatable bonds is 3. The van der Waals surface area contributed by atoms with Gasteiger partial charge in [-0.05, 0) is 36.6 Å². The number of carbonyl (C=O) groups excluding carboxylic acids is 1. The molecule has 0 atom stereocenters. The molecule has 0 fully saturated rings. The number of nitrogens with zero attached hydrogens (tertiary/aromatic N) is 2. The Morgan fingerprint density at radius 3 is 2.65 bits per heavy atom.